The summed E-state index contributed by atoms with van der Waals surface area (Å²) < 4.78 is 17.2. The van der Waals surface area contributed by atoms with Gasteiger partial charge < -0.3 is 14.2 Å². The molecule has 2 rings (SSSR count). The first-order valence-electron chi connectivity index (χ1n) is 7.37. The van der Waals surface area contributed by atoms with Gasteiger partial charge in [-0.1, -0.05) is 6.07 Å². The van der Waals surface area contributed by atoms with Gasteiger partial charge in [-0.25, -0.2) is 0 Å². The van der Waals surface area contributed by atoms with Gasteiger partial charge in [-0.05, 0) is 59.3 Å². The largest absolute Gasteiger partial charge is 0.490 e. The van der Waals surface area contributed by atoms with Gasteiger partial charge in [0.1, 0.15) is 12.4 Å². The van der Waals surface area contributed by atoms with Crippen LogP contribution in [0.5, 0.6) is 5.75 Å². The first-order valence-corrected chi connectivity index (χ1v) is 8.60. The Morgan fingerprint density at radius 1 is 1.43 bits per heavy atom. The zero-order chi connectivity index (χ0) is 15.1. The van der Waals surface area contributed by atoms with E-state index in [2.05, 4.69) is 15.9 Å². The number of benzene rings is 1. The number of ether oxygens (including phenoxy) is 3. The minimum absolute atomic E-state index is 0.0125. The van der Waals surface area contributed by atoms with Crippen LogP contribution in [0.4, 0.5) is 0 Å². The SMILES string of the molecule is COCCOc1ccc(C(Cl)CCC2CCCO2)cc1Br. The van der Waals surface area contributed by atoms with Gasteiger partial charge in [0.2, 0.25) is 0 Å². The van der Waals surface area contributed by atoms with Crippen LogP contribution in [0, 0.1) is 0 Å². The summed E-state index contributed by atoms with van der Waals surface area (Å²) in [5.74, 6) is 0.818. The van der Waals surface area contributed by atoms with Crippen molar-refractivity contribution in [1.29, 1.82) is 0 Å². The van der Waals surface area contributed by atoms with E-state index in [0.717, 1.165) is 35.2 Å². The molecule has 0 N–H and O–H groups in total. The van der Waals surface area contributed by atoms with Gasteiger partial charge in [0, 0.05) is 13.7 Å². The maximum atomic E-state index is 6.50. The normalized spacial score (nSPS) is 19.7. The second-order valence-corrected chi connectivity index (χ2v) is 6.59. The van der Waals surface area contributed by atoms with Crippen molar-refractivity contribution in [3.05, 3.63) is 28.2 Å². The van der Waals surface area contributed by atoms with E-state index in [-0.39, 0.29) is 5.38 Å². The van der Waals surface area contributed by atoms with Crippen LogP contribution in [0.15, 0.2) is 22.7 Å². The molecule has 0 spiro atoms. The average molecular weight is 378 g/mol. The summed E-state index contributed by atoms with van der Waals surface area (Å²) in [6.45, 7) is 2.02. The van der Waals surface area contributed by atoms with Gasteiger partial charge in [-0.2, -0.15) is 0 Å². The lowest BCUT2D eigenvalue weighted by molar-refractivity contribution is 0.102. The number of hydrogen-bond acceptors (Lipinski definition) is 3. The Kier molecular flexibility index (Phi) is 7.30. The van der Waals surface area contributed by atoms with Gasteiger partial charge in [0.25, 0.3) is 0 Å². The van der Waals surface area contributed by atoms with E-state index < -0.39 is 0 Å². The summed E-state index contributed by atoms with van der Waals surface area (Å²) in [6, 6.07) is 6.02. The van der Waals surface area contributed by atoms with Crippen molar-refractivity contribution in [3.8, 4) is 5.75 Å². The summed E-state index contributed by atoms with van der Waals surface area (Å²) in [7, 11) is 1.66. The first kappa shape index (κ1) is 17.1. The van der Waals surface area contributed by atoms with Crippen LogP contribution in [0.3, 0.4) is 0 Å². The molecule has 1 aromatic carbocycles. The van der Waals surface area contributed by atoms with Gasteiger partial charge in [-0.3, -0.25) is 0 Å². The summed E-state index contributed by atoms with van der Waals surface area (Å²) in [5.41, 5.74) is 1.11. The quantitative estimate of drug-likeness (QED) is 0.485. The Morgan fingerprint density at radius 3 is 2.95 bits per heavy atom. The highest BCUT2D eigenvalue weighted by Gasteiger charge is 2.18. The van der Waals surface area contributed by atoms with E-state index in [9.17, 15) is 0 Å². The molecule has 1 saturated heterocycles. The number of alkyl halides is 1. The lowest BCUT2D eigenvalue weighted by atomic mass is 10.0. The van der Waals surface area contributed by atoms with E-state index in [1.54, 1.807) is 7.11 Å². The van der Waals surface area contributed by atoms with Crippen molar-refractivity contribution >= 4 is 27.5 Å². The van der Waals surface area contributed by atoms with Crippen molar-refractivity contribution in [3.63, 3.8) is 0 Å². The molecule has 1 aliphatic heterocycles. The number of methoxy groups -OCH3 is 1. The van der Waals surface area contributed by atoms with Crippen LogP contribution in [0.2, 0.25) is 0 Å². The third-order valence-electron chi connectivity index (χ3n) is 3.63. The average Bonchev–Trinajstić information content (AvgIpc) is 3.00. The predicted octanol–water partition coefficient (Wildman–Crippen LogP) is 4.71. The molecule has 1 heterocycles. The second-order valence-electron chi connectivity index (χ2n) is 5.21. The molecule has 1 aliphatic rings. The molecule has 21 heavy (non-hydrogen) atoms. The fraction of sp³-hybridized carbons (Fsp3) is 0.625. The minimum atomic E-state index is 0.0125. The highest BCUT2D eigenvalue weighted by atomic mass is 79.9. The fourth-order valence-corrected chi connectivity index (χ4v) is 3.21. The maximum absolute atomic E-state index is 6.50. The standard InChI is InChI=1S/C16H22BrClO3/c1-19-9-10-21-16-7-4-12(11-14(16)17)15(18)6-5-13-3-2-8-20-13/h4,7,11,13,15H,2-3,5-6,8-10H2,1H3. The highest BCUT2D eigenvalue weighted by Crippen LogP contribution is 2.34. The van der Waals surface area contributed by atoms with E-state index in [1.807, 2.05) is 18.2 Å². The van der Waals surface area contributed by atoms with Gasteiger partial charge in [0.05, 0.1) is 22.6 Å². The third-order valence-corrected chi connectivity index (χ3v) is 4.72. The highest BCUT2D eigenvalue weighted by molar-refractivity contribution is 9.10. The van der Waals surface area contributed by atoms with Crippen molar-refractivity contribution in [2.75, 3.05) is 26.9 Å². The van der Waals surface area contributed by atoms with E-state index in [1.165, 1.54) is 12.8 Å². The Bertz CT molecular complexity index is 436. The third kappa shape index (κ3) is 5.44. The fourth-order valence-electron chi connectivity index (χ4n) is 2.43. The van der Waals surface area contributed by atoms with Crippen LogP contribution in [0.25, 0.3) is 0 Å². The van der Waals surface area contributed by atoms with Crippen molar-refractivity contribution in [2.45, 2.75) is 37.2 Å². The molecule has 0 amide bonds. The molecule has 5 heteroatoms. The van der Waals surface area contributed by atoms with Crippen molar-refractivity contribution < 1.29 is 14.2 Å². The van der Waals surface area contributed by atoms with Crippen LogP contribution >= 0.6 is 27.5 Å². The molecule has 1 aromatic rings. The Balaban J connectivity index is 1.85. The zero-order valence-electron chi connectivity index (χ0n) is 12.3. The second kappa shape index (κ2) is 8.99. The van der Waals surface area contributed by atoms with Crippen LogP contribution in [-0.4, -0.2) is 33.0 Å². The topological polar surface area (TPSA) is 27.7 Å². The summed E-state index contributed by atoms with van der Waals surface area (Å²) in [6.07, 6.45) is 4.70. The molecule has 0 aromatic heterocycles. The Morgan fingerprint density at radius 2 is 2.29 bits per heavy atom. The molecule has 118 valence electrons. The number of hydrogen-bond donors (Lipinski definition) is 0. The lowest BCUT2D eigenvalue weighted by Gasteiger charge is -2.15. The van der Waals surface area contributed by atoms with Crippen LogP contribution < -0.4 is 4.74 Å². The molecule has 1 fully saturated rings. The summed E-state index contributed by atoms with van der Waals surface area (Å²) >= 11 is 10.0. The van der Waals surface area contributed by atoms with Crippen LogP contribution in [-0.2, 0) is 9.47 Å². The van der Waals surface area contributed by atoms with Gasteiger partial charge >= 0.3 is 0 Å². The Labute approximate surface area is 140 Å². The molecule has 0 bridgehead atoms. The molecular weight excluding hydrogens is 356 g/mol. The van der Waals surface area contributed by atoms with E-state index in [0.29, 0.717) is 19.3 Å². The first-order chi connectivity index (χ1) is 10.2. The van der Waals surface area contributed by atoms with Gasteiger partial charge in [-0.15, -0.1) is 11.6 Å². The summed E-state index contributed by atoms with van der Waals surface area (Å²) in [4.78, 5) is 0. The van der Waals surface area contributed by atoms with Gasteiger partial charge in [0.15, 0.2) is 0 Å². The zero-order valence-corrected chi connectivity index (χ0v) is 14.7. The minimum Gasteiger partial charge on any atom is -0.490 e. The van der Waals surface area contributed by atoms with E-state index >= 15 is 0 Å². The molecule has 0 aliphatic carbocycles. The molecule has 2 unspecified atom stereocenters. The number of halogens is 2. The number of rotatable bonds is 8. The smallest absolute Gasteiger partial charge is 0.133 e. The lowest BCUT2D eigenvalue weighted by Crippen LogP contribution is -2.06. The monoisotopic (exact) mass is 376 g/mol. The molecular formula is C16H22BrClO3. The van der Waals surface area contributed by atoms with E-state index in [4.69, 9.17) is 25.8 Å². The molecule has 0 saturated carbocycles. The summed E-state index contributed by atoms with van der Waals surface area (Å²) in [5, 5.41) is 0.0125. The maximum Gasteiger partial charge on any atom is 0.133 e. The molecule has 0 radical (unpaired) electrons. The predicted molar refractivity (Wildman–Crippen MR) is 88.3 cm³/mol. The van der Waals surface area contributed by atoms with Crippen molar-refractivity contribution in [2.24, 2.45) is 0 Å². The molecule has 3 nitrogen and oxygen atoms in total. The molecule has 2 atom stereocenters. The Hall–Kier alpha value is -0.290. The van der Waals surface area contributed by atoms with Crippen molar-refractivity contribution in [1.82, 2.24) is 0 Å². The van der Waals surface area contributed by atoms with Crippen LogP contribution in [0.1, 0.15) is 36.6 Å².